The van der Waals surface area contributed by atoms with Crippen LogP contribution in [0.15, 0.2) is 41.3 Å². The number of benzene rings is 2. The predicted molar refractivity (Wildman–Crippen MR) is 96.4 cm³/mol. The number of anilines is 1. The van der Waals surface area contributed by atoms with Crippen molar-refractivity contribution in [1.29, 1.82) is 0 Å². The van der Waals surface area contributed by atoms with Gasteiger partial charge in [0, 0.05) is 6.07 Å². The van der Waals surface area contributed by atoms with E-state index in [-0.39, 0.29) is 26.4 Å². The summed E-state index contributed by atoms with van der Waals surface area (Å²) >= 11 is 12.1. The molecule has 0 aromatic heterocycles. The molecule has 0 aliphatic heterocycles. The average molecular weight is 404 g/mol. The van der Waals surface area contributed by atoms with E-state index in [4.69, 9.17) is 33.0 Å². The molecule has 134 valence electrons. The van der Waals surface area contributed by atoms with Gasteiger partial charge in [-0.05, 0) is 25.1 Å². The van der Waals surface area contributed by atoms with Crippen molar-refractivity contribution in [2.45, 2.75) is 11.8 Å². The lowest BCUT2D eigenvalue weighted by Crippen LogP contribution is -2.36. The first kappa shape index (κ1) is 19.4. The van der Waals surface area contributed by atoms with Gasteiger partial charge < -0.3 is 9.84 Å². The van der Waals surface area contributed by atoms with E-state index < -0.39 is 22.5 Å². The second-order valence-electron chi connectivity index (χ2n) is 5.16. The van der Waals surface area contributed by atoms with Gasteiger partial charge in [0.15, 0.2) is 0 Å². The van der Waals surface area contributed by atoms with Crippen LogP contribution >= 0.6 is 23.2 Å². The highest BCUT2D eigenvalue weighted by Crippen LogP contribution is 2.38. The number of carboxylic acid groups (broad SMARTS) is 1. The zero-order valence-electron chi connectivity index (χ0n) is 13.4. The van der Waals surface area contributed by atoms with Crippen molar-refractivity contribution < 1.29 is 23.1 Å². The fourth-order valence-corrected chi connectivity index (χ4v) is 4.16. The fraction of sp³-hybridized carbons (Fsp3) is 0.188. The molecule has 2 aromatic carbocycles. The number of hydrogen-bond acceptors (Lipinski definition) is 4. The summed E-state index contributed by atoms with van der Waals surface area (Å²) in [7, 11) is -2.80. The van der Waals surface area contributed by atoms with E-state index in [0.717, 1.165) is 5.56 Å². The molecular weight excluding hydrogens is 389 g/mol. The van der Waals surface area contributed by atoms with Crippen LogP contribution in [-0.2, 0) is 14.8 Å². The molecule has 0 unspecified atom stereocenters. The van der Waals surface area contributed by atoms with Crippen molar-refractivity contribution in [3.05, 3.63) is 52.0 Å². The number of aryl methyl sites for hydroxylation is 1. The van der Waals surface area contributed by atoms with Crippen LogP contribution in [-0.4, -0.2) is 33.1 Å². The predicted octanol–water partition coefficient (Wildman–Crippen LogP) is 3.59. The number of sulfonamides is 1. The Kier molecular flexibility index (Phi) is 5.82. The Balaban J connectivity index is 2.64. The van der Waals surface area contributed by atoms with E-state index in [1.54, 1.807) is 12.1 Å². The van der Waals surface area contributed by atoms with E-state index in [0.29, 0.717) is 4.31 Å². The molecule has 9 heteroatoms. The number of aliphatic carboxylic acids is 1. The SMILES string of the molecule is COc1cc(N(CC(=O)O)S(=O)(=O)c2ccc(C)cc2)c(Cl)cc1Cl. The molecule has 0 amide bonds. The average Bonchev–Trinajstić information content (AvgIpc) is 2.53. The molecule has 0 saturated carbocycles. The maximum Gasteiger partial charge on any atom is 0.324 e. The van der Waals surface area contributed by atoms with E-state index in [1.165, 1.54) is 31.4 Å². The van der Waals surface area contributed by atoms with Gasteiger partial charge >= 0.3 is 5.97 Å². The lowest BCUT2D eigenvalue weighted by molar-refractivity contribution is -0.135. The second-order valence-corrected chi connectivity index (χ2v) is 7.83. The molecule has 6 nitrogen and oxygen atoms in total. The molecule has 25 heavy (non-hydrogen) atoms. The number of hydrogen-bond donors (Lipinski definition) is 1. The van der Waals surface area contributed by atoms with Gasteiger partial charge in [-0.3, -0.25) is 9.10 Å². The van der Waals surface area contributed by atoms with Gasteiger partial charge in [-0.25, -0.2) is 8.42 Å². The fourth-order valence-electron chi connectivity index (χ4n) is 2.13. The van der Waals surface area contributed by atoms with Crippen LogP contribution in [0.5, 0.6) is 5.75 Å². The smallest absolute Gasteiger partial charge is 0.324 e. The van der Waals surface area contributed by atoms with Gasteiger partial charge in [-0.15, -0.1) is 0 Å². The molecule has 1 N–H and O–H groups in total. The van der Waals surface area contributed by atoms with Gasteiger partial charge in [-0.2, -0.15) is 0 Å². The third-order valence-corrected chi connectivity index (χ3v) is 5.75. The maximum absolute atomic E-state index is 12.9. The summed E-state index contributed by atoms with van der Waals surface area (Å²) in [6, 6.07) is 8.64. The zero-order valence-corrected chi connectivity index (χ0v) is 15.7. The first-order valence-corrected chi connectivity index (χ1v) is 9.20. The summed E-state index contributed by atoms with van der Waals surface area (Å²) in [5, 5.41) is 9.33. The van der Waals surface area contributed by atoms with Crippen LogP contribution in [0.25, 0.3) is 0 Å². The molecule has 0 radical (unpaired) electrons. The molecule has 0 atom stereocenters. The maximum atomic E-state index is 12.9. The Hall–Kier alpha value is -1.96. The lowest BCUT2D eigenvalue weighted by atomic mass is 10.2. The van der Waals surface area contributed by atoms with Crippen LogP contribution in [0.1, 0.15) is 5.56 Å². The molecule has 0 aliphatic rings. The molecule has 0 bridgehead atoms. The Morgan fingerprint density at radius 1 is 1.16 bits per heavy atom. The Morgan fingerprint density at radius 2 is 1.76 bits per heavy atom. The van der Waals surface area contributed by atoms with Gasteiger partial charge in [0.05, 0.1) is 27.7 Å². The first-order chi connectivity index (χ1) is 11.7. The number of methoxy groups -OCH3 is 1. The van der Waals surface area contributed by atoms with Crippen LogP contribution in [0, 0.1) is 6.92 Å². The highest BCUT2D eigenvalue weighted by atomic mass is 35.5. The van der Waals surface area contributed by atoms with Gasteiger partial charge in [0.2, 0.25) is 0 Å². The number of carboxylic acids is 1. The Bertz CT molecular complexity index is 897. The third-order valence-electron chi connectivity index (χ3n) is 3.38. The topological polar surface area (TPSA) is 83.9 Å². The highest BCUT2D eigenvalue weighted by molar-refractivity contribution is 7.92. The van der Waals surface area contributed by atoms with Crippen molar-refractivity contribution in [2.75, 3.05) is 18.0 Å². The minimum atomic E-state index is -4.16. The van der Waals surface area contributed by atoms with Crippen molar-refractivity contribution >= 4 is 44.9 Å². The molecule has 0 saturated heterocycles. The number of carbonyl (C=O) groups is 1. The lowest BCUT2D eigenvalue weighted by Gasteiger charge is -2.24. The van der Waals surface area contributed by atoms with Crippen LogP contribution in [0.4, 0.5) is 5.69 Å². The molecular formula is C16H15Cl2NO5S. The standard InChI is InChI=1S/C16H15Cl2NO5S/c1-10-3-5-11(6-4-10)25(22,23)19(9-16(20)21)14-8-15(24-2)13(18)7-12(14)17/h3-8H,9H2,1-2H3,(H,20,21). The number of ether oxygens (including phenoxy) is 1. The largest absolute Gasteiger partial charge is 0.495 e. The molecule has 0 aliphatic carbocycles. The summed E-state index contributed by atoms with van der Waals surface area (Å²) in [5.41, 5.74) is 0.834. The molecule has 0 spiro atoms. The van der Waals surface area contributed by atoms with Crippen LogP contribution in [0.2, 0.25) is 10.0 Å². The van der Waals surface area contributed by atoms with Crippen LogP contribution < -0.4 is 9.04 Å². The second kappa shape index (κ2) is 7.51. The molecule has 2 aromatic rings. The summed E-state index contributed by atoms with van der Waals surface area (Å²) in [6.45, 7) is 1.01. The Labute approximate surface area is 155 Å². The van der Waals surface area contributed by atoms with E-state index in [1.807, 2.05) is 6.92 Å². The summed E-state index contributed by atoms with van der Waals surface area (Å²) in [4.78, 5) is 11.2. The van der Waals surface area contributed by atoms with E-state index >= 15 is 0 Å². The quantitative estimate of drug-likeness (QED) is 0.796. The zero-order chi connectivity index (χ0) is 18.8. The minimum Gasteiger partial charge on any atom is -0.495 e. The van der Waals surface area contributed by atoms with E-state index in [2.05, 4.69) is 0 Å². The van der Waals surface area contributed by atoms with Gasteiger partial charge in [0.25, 0.3) is 10.0 Å². The number of rotatable bonds is 6. The summed E-state index contributed by atoms with van der Waals surface area (Å²) in [6.07, 6.45) is 0. The summed E-state index contributed by atoms with van der Waals surface area (Å²) < 4.78 is 31.7. The van der Waals surface area contributed by atoms with Crippen molar-refractivity contribution in [3.63, 3.8) is 0 Å². The van der Waals surface area contributed by atoms with Crippen molar-refractivity contribution in [1.82, 2.24) is 0 Å². The summed E-state index contributed by atoms with van der Waals surface area (Å²) in [5.74, 6) is -1.16. The van der Waals surface area contributed by atoms with Gasteiger partial charge in [-0.1, -0.05) is 40.9 Å². The monoisotopic (exact) mass is 403 g/mol. The third kappa shape index (κ3) is 4.18. The van der Waals surface area contributed by atoms with E-state index in [9.17, 15) is 13.2 Å². The molecule has 0 heterocycles. The van der Waals surface area contributed by atoms with Crippen LogP contribution in [0.3, 0.4) is 0 Å². The Morgan fingerprint density at radius 3 is 2.28 bits per heavy atom. The normalized spacial score (nSPS) is 11.2. The van der Waals surface area contributed by atoms with Gasteiger partial charge in [0.1, 0.15) is 12.3 Å². The van der Waals surface area contributed by atoms with Crippen molar-refractivity contribution in [2.24, 2.45) is 0 Å². The molecule has 2 rings (SSSR count). The number of nitrogens with zero attached hydrogens (tertiary/aromatic N) is 1. The number of halogens is 2. The van der Waals surface area contributed by atoms with Crippen molar-refractivity contribution in [3.8, 4) is 5.75 Å². The minimum absolute atomic E-state index is 0.0114. The highest BCUT2D eigenvalue weighted by Gasteiger charge is 2.29. The molecule has 0 fully saturated rings. The first-order valence-electron chi connectivity index (χ1n) is 7.01.